The lowest BCUT2D eigenvalue weighted by molar-refractivity contribution is -0.121. The monoisotopic (exact) mass is 471 g/mol. The molecule has 0 aliphatic rings. The topological polar surface area (TPSA) is 85.8 Å². The van der Waals surface area contributed by atoms with Crippen molar-refractivity contribution in [1.29, 1.82) is 0 Å². The summed E-state index contributed by atoms with van der Waals surface area (Å²) >= 11 is 1.52. The second kappa shape index (κ2) is 10.1. The van der Waals surface area contributed by atoms with Gasteiger partial charge < -0.3 is 14.3 Å². The Morgan fingerprint density at radius 3 is 2.74 bits per heavy atom. The Labute approximate surface area is 201 Å². The summed E-state index contributed by atoms with van der Waals surface area (Å²) in [6.45, 7) is 3.21. The zero-order valence-electron chi connectivity index (χ0n) is 18.9. The van der Waals surface area contributed by atoms with Crippen LogP contribution in [0.15, 0.2) is 76.5 Å². The van der Waals surface area contributed by atoms with Crippen LogP contribution in [-0.2, 0) is 17.9 Å². The Kier molecular flexibility index (Phi) is 6.58. The molecule has 0 unspecified atom stereocenters. The molecule has 0 bridgehead atoms. The van der Waals surface area contributed by atoms with Crippen LogP contribution in [0.2, 0.25) is 0 Å². The van der Waals surface area contributed by atoms with Gasteiger partial charge in [-0.2, -0.15) is 0 Å². The highest BCUT2D eigenvalue weighted by atomic mass is 32.2. The molecule has 0 aliphatic carbocycles. The van der Waals surface area contributed by atoms with Gasteiger partial charge in [-0.05, 0) is 37.1 Å². The quantitative estimate of drug-likeness (QED) is 0.237. The summed E-state index contributed by atoms with van der Waals surface area (Å²) in [5.41, 5.74) is 5.18. The van der Waals surface area contributed by atoms with Crippen LogP contribution < -0.4 is 5.32 Å². The number of rotatable bonds is 9. The minimum Gasteiger partial charge on any atom is -0.467 e. The summed E-state index contributed by atoms with van der Waals surface area (Å²) in [6.07, 6.45) is 2.77. The van der Waals surface area contributed by atoms with E-state index in [2.05, 4.69) is 63.4 Å². The molecule has 5 rings (SSSR count). The minimum absolute atomic E-state index is 0.00437. The fraction of sp³-hybridized carbons (Fsp3) is 0.231. The molecule has 0 fully saturated rings. The largest absolute Gasteiger partial charge is 0.467 e. The first kappa shape index (κ1) is 22.2. The molecule has 1 N–H and O–H groups in total. The smallest absolute Gasteiger partial charge is 0.220 e. The van der Waals surface area contributed by atoms with Crippen molar-refractivity contribution in [1.82, 2.24) is 25.1 Å². The second-order valence-corrected chi connectivity index (χ2v) is 9.23. The SMILES string of the molecule is Cc1ccc(Cn2c3ccccc3c3nnc(SCCCC(=O)NCc4ccco4)nc32)cc1. The van der Waals surface area contributed by atoms with Crippen molar-refractivity contribution in [2.75, 3.05) is 5.75 Å². The summed E-state index contributed by atoms with van der Waals surface area (Å²) < 4.78 is 7.44. The van der Waals surface area contributed by atoms with Crippen LogP contribution in [0.4, 0.5) is 0 Å². The molecule has 8 heteroatoms. The number of nitrogens with zero attached hydrogens (tertiary/aromatic N) is 4. The highest BCUT2D eigenvalue weighted by Gasteiger charge is 2.15. The van der Waals surface area contributed by atoms with E-state index in [0.29, 0.717) is 24.7 Å². The number of aryl methyl sites for hydroxylation is 1. The lowest BCUT2D eigenvalue weighted by atomic mass is 10.1. The van der Waals surface area contributed by atoms with Crippen molar-refractivity contribution >= 4 is 39.7 Å². The number of hydrogen-bond acceptors (Lipinski definition) is 6. The van der Waals surface area contributed by atoms with E-state index in [0.717, 1.165) is 40.0 Å². The van der Waals surface area contributed by atoms with Crippen LogP contribution in [0, 0.1) is 6.92 Å². The Balaban J connectivity index is 1.28. The third-order valence-electron chi connectivity index (χ3n) is 5.64. The Bertz CT molecular complexity index is 1410. The Morgan fingerprint density at radius 1 is 1.06 bits per heavy atom. The first-order valence-corrected chi connectivity index (χ1v) is 12.2. The number of carbonyl (C=O) groups is 1. The molecule has 0 spiro atoms. The normalized spacial score (nSPS) is 11.3. The number of carbonyl (C=O) groups excluding carboxylic acids is 1. The summed E-state index contributed by atoms with van der Waals surface area (Å²) in [6, 6.07) is 20.4. The Morgan fingerprint density at radius 2 is 1.91 bits per heavy atom. The van der Waals surface area contributed by atoms with E-state index in [1.165, 1.54) is 22.9 Å². The maximum Gasteiger partial charge on any atom is 0.220 e. The van der Waals surface area contributed by atoms with E-state index in [-0.39, 0.29) is 5.91 Å². The fourth-order valence-corrected chi connectivity index (χ4v) is 4.59. The standard InChI is InChI=1S/C26H25N5O2S/c1-18-10-12-19(13-11-18)17-31-22-8-3-2-7-21(22)24-25(31)28-26(30-29-24)34-15-5-9-23(32)27-16-20-6-4-14-33-20/h2-4,6-8,10-14H,5,9,15-17H2,1H3,(H,27,32). The molecule has 34 heavy (non-hydrogen) atoms. The fourth-order valence-electron chi connectivity index (χ4n) is 3.87. The van der Waals surface area contributed by atoms with E-state index in [9.17, 15) is 4.79 Å². The number of para-hydroxylation sites is 1. The summed E-state index contributed by atoms with van der Waals surface area (Å²) in [5.74, 6) is 1.49. The van der Waals surface area contributed by atoms with E-state index in [4.69, 9.17) is 9.40 Å². The Hall–Kier alpha value is -3.65. The van der Waals surface area contributed by atoms with Gasteiger partial charge in [0, 0.05) is 24.1 Å². The van der Waals surface area contributed by atoms with Crippen molar-refractivity contribution < 1.29 is 9.21 Å². The van der Waals surface area contributed by atoms with Crippen LogP contribution in [0.5, 0.6) is 0 Å². The van der Waals surface area contributed by atoms with Gasteiger partial charge in [-0.15, -0.1) is 10.2 Å². The van der Waals surface area contributed by atoms with E-state index < -0.39 is 0 Å². The molecule has 0 radical (unpaired) electrons. The van der Waals surface area contributed by atoms with Crippen LogP contribution >= 0.6 is 11.8 Å². The highest BCUT2D eigenvalue weighted by molar-refractivity contribution is 7.99. The van der Waals surface area contributed by atoms with Crippen LogP contribution in [0.1, 0.15) is 29.7 Å². The lowest BCUT2D eigenvalue weighted by Gasteiger charge is -2.08. The predicted octanol–water partition coefficient (Wildman–Crippen LogP) is 5.12. The molecule has 3 aromatic heterocycles. The summed E-state index contributed by atoms with van der Waals surface area (Å²) in [7, 11) is 0. The third-order valence-corrected chi connectivity index (χ3v) is 6.56. The summed E-state index contributed by atoms with van der Waals surface area (Å²) in [4.78, 5) is 16.9. The maximum absolute atomic E-state index is 12.1. The molecular formula is C26H25N5O2S. The number of aromatic nitrogens is 4. The zero-order chi connectivity index (χ0) is 23.3. The number of amides is 1. The molecule has 7 nitrogen and oxygen atoms in total. The van der Waals surface area contributed by atoms with E-state index >= 15 is 0 Å². The van der Waals surface area contributed by atoms with Gasteiger partial charge in [0.2, 0.25) is 11.1 Å². The van der Waals surface area contributed by atoms with Crippen molar-refractivity contribution in [3.05, 3.63) is 83.8 Å². The molecule has 0 atom stereocenters. The zero-order valence-corrected chi connectivity index (χ0v) is 19.7. The van der Waals surface area contributed by atoms with Gasteiger partial charge in [0.1, 0.15) is 11.3 Å². The van der Waals surface area contributed by atoms with Gasteiger partial charge in [0.05, 0.1) is 18.3 Å². The van der Waals surface area contributed by atoms with Crippen molar-refractivity contribution in [2.24, 2.45) is 0 Å². The van der Waals surface area contributed by atoms with Crippen molar-refractivity contribution in [3.8, 4) is 0 Å². The van der Waals surface area contributed by atoms with Gasteiger partial charge in [-0.25, -0.2) is 4.98 Å². The second-order valence-electron chi connectivity index (χ2n) is 8.16. The maximum atomic E-state index is 12.1. The van der Waals surface area contributed by atoms with Gasteiger partial charge in [-0.1, -0.05) is 59.8 Å². The lowest BCUT2D eigenvalue weighted by Crippen LogP contribution is -2.22. The van der Waals surface area contributed by atoms with Gasteiger partial charge in [-0.3, -0.25) is 4.79 Å². The van der Waals surface area contributed by atoms with Crippen LogP contribution in [0.25, 0.3) is 22.1 Å². The molecule has 0 aliphatic heterocycles. The van der Waals surface area contributed by atoms with E-state index in [1.807, 2.05) is 24.3 Å². The van der Waals surface area contributed by atoms with Crippen molar-refractivity contribution in [3.63, 3.8) is 0 Å². The van der Waals surface area contributed by atoms with Crippen LogP contribution in [-0.4, -0.2) is 31.4 Å². The molecular weight excluding hydrogens is 446 g/mol. The number of fused-ring (bicyclic) bond motifs is 3. The van der Waals surface area contributed by atoms with E-state index in [1.54, 1.807) is 6.26 Å². The predicted molar refractivity (Wildman–Crippen MR) is 134 cm³/mol. The molecule has 0 saturated carbocycles. The average Bonchev–Trinajstić information content (AvgIpc) is 3.49. The number of nitrogens with one attached hydrogen (secondary N) is 1. The third kappa shape index (κ3) is 4.97. The van der Waals surface area contributed by atoms with Crippen LogP contribution in [0.3, 0.4) is 0 Å². The molecule has 1 amide bonds. The molecule has 172 valence electrons. The van der Waals surface area contributed by atoms with Gasteiger partial charge in [0.15, 0.2) is 5.65 Å². The minimum atomic E-state index is 0.00437. The highest BCUT2D eigenvalue weighted by Crippen LogP contribution is 2.28. The van der Waals surface area contributed by atoms with Gasteiger partial charge >= 0.3 is 0 Å². The first-order chi connectivity index (χ1) is 16.7. The van der Waals surface area contributed by atoms with Crippen molar-refractivity contribution in [2.45, 2.75) is 38.0 Å². The van der Waals surface area contributed by atoms with Gasteiger partial charge in [0.25, 0.3) is 0 Å². The number of thioether (sulfide) groups is 1. The molecule has 2 aromatic carbocycles. The molecule has 5 aromatic rings. The molecule has 0 saturated heterocycles. The number of furan rings is 1. The number of hydrogen-bond donors (Lipinski definition) is 1. The average molecular weight is 472 g/mol. The molecule has 3 heterocycles. The first-order valence-electron chi connectivity index (χ1n) is 11.3. The number of benzene rings is 2. The summed E-state index contributed by atoms with van der Waals surface area (Å²) in [5, 5.41) is 13.4.